The molecule has 2 fully saturated rings. The summed E-state index contributed by atoms with van der Waals surface area (Å²) in [5.74, 6) is 1.71. The molecule has 1 saturated heterocycles. The highest BCUT2D eigenvalue weighted by atomic mass is 19.4. The van der Waals surface area contributed by atoms with Gasteiger partial charge in [0.2, 0.25) is 5.91 Å². The van der Waals surface area contributed by atoms with Gasteiger partial charge in [-0.25, -0.2) is 0 Å². The fraction of sp³-hybridized carbons (Fsp3) is 0.667. The first-order valence-electron chi connectivity index (χ1n) is 12.0. The summed E-state index contributed by atoms with van der Waals surface area (Å²) in [6, 6.07) is 4.33. The Morgan fingerprint density at radius 2 is 1.88 bits per heavy atom. The van der Waals surface area contributed by atoms with Crippen molar-refractivity contribution in [2.24, 2.45) is 11.8 Å². The van der Waals surface area contributed by atoms with Crippen molar-refractivity contribution < 1.29 is 18.0 Å². The van der Waals surface area contributed by atoms with Crippen molar-refractivity contribution in [1.82, 2.24) is 20.0 Å². The molecule has 0 spiro atoms. The van der Waals surface area contributed by atoms with E-state index in [9.17, 15) is 18.0 Å². The van der Waals surface area contributed by atoms with E-state index in [1.165, 1.54) is 31.7 Å². The number of carbonyl (C=O) groups is 1. The number of hydrogen-bond acceptors (Lipinski definition) is 4. The molecule has 182 valence electrons. The number of likely N-dealkylation sites (tertiary alicyclic amines) is 1. The zero-order chi connectivity index (χ0) is 23.8. The van der Waals surface area contributed by atoms with Crippen LogP contribution in [-0.2, 0) is 17.5 Å². The standard InChI is InChI=1S/C24H34F3N5O/c1-4-32-21-10-7-17(24(25,26)27)11-20(21)23(30-32)28-12-22(33)29-18-13-31(14-18)19-8-5-16(6-9-19)15(2)3/h7,10-11,15-16,18-19H,4-6,8-9,12-14H2,1-3H3,(H,28,30)(H,29,33)/t16-,19+. The van der Waals surface area contributed by atoms with E-state index < -0.39 is 11.7 Å². The first kappa shape index (κ1) is 23.9. The summed E-state index contributed by atoms with van der Waals surface area (Å²) in [4.78, 5) is 14.9. The predicted octanol–water partition coefficient (Wildman–Crippen LogP) is 4.50. The Morgan fingerprint density at radius 3 is 2.48 bits per heavy atom. The van der Waals surface area contributed by atoms with Gasteiger partial charge >= 0.3 is 6.18 Å². The molecule has 0 unspecified atom stereocenters. The largest absolute Gasteiger partial charge is 0.416 e. The van der Waals surface area contributed by atoms with Crippen molar-refractivity contribution in [3.63, 3.8) is 0 Å². The van der Waals surface area contributed by atoms with Crippen molar-refractivity contribution in [1.29, 1.82) is 0 Å². The summed E-state index contributed by atoms with van der Waals surface area (Å²) < 4.78 is 41.1. The summed E-state index contributed by atoms with van der Waals surface area (Å²) in [6.07, 6.45) is 0.611. The van der Waals surface area contributed by atoms with E-state index in [0.717, 1.165) is 37.1 Å². The number of aromatic nitrogens is 2. The Labute approximate surface area is 192 Å². The Bertz CT molecular complexity index is 972. The number of amides is 1. The monoisotopic (exact) mass is 465 g/mol. The number of aryl methyl sites for hydroxylation is 1. The smallest absolute Gasteiger partial charge is 0.359 e. The lowest BCUT2D eigenvalue weighted by Gasteiger charge is -2.47. The van der Waals surface area contributed by atoms with Gasteiger partial charge in [0.1, 0.15) is 0 Å². The van der Waals surface area contributed by atoms with E-state index in [2.05, 4.69) is 34.5 Å². The second-order valence-electron chi connectivity index (χ2n) is 9.78. The molecule has 0 atom stereocenters. The van der Waals surface area contributed by atoms with Crippen LogP contribution in [0.1, 0.15) is 52.0 Å². The zero-order valence-electron chi connectivity index (χ0n) is 19.6. The van der Waals surface area contributed by atoms with Crippen molar-refractivity contribution in [3.8, 4) is 0 Å². The summed E-state index contributed by atoms with van der Waals surface area (Å²) in [7, 11) is 0. The lowest BCUT2D eigenvalue weighted by molar-refractivity contribution is -0.137. The van der Waals surface area contributed by atoms with Gasteiger partial charge in [0, 0.05) is 31.1 Å². The first-order chi connectivity index (χ1) is 15.7. The maximum atomic E-state index is 13.1. The third-order valence-electron chi connectivity index (χ3n) is 7.27. The normalized spacial score (nSPS) is 22.5. The van der Waals surface area contributed by atoms with Crippen molar-refractivity contribution >= 4 is 22.6 Å². The number of fused-ring (bicyclic) bond motifs is 1. The third-order valence-corrected chi connectivity index (χ3v) is 7.27. The van der Waals surface area contributed by atoms with Gasteiger partial charge < -0.3 is 10.6 Å². The number of anilines is 1. The van der Waals surface area contributed by atoms with Crippen LogP contribution < -0.4 is 10.6 Å². The first-order valence-corrected chi connectivity index (χ1v) is 12.0. The molecule has 1 aliphatic carbocycles. The molecule has 2 aliphatic rings. The van der Waals surface area contributed by atoms with Gasteiger partial charge in [-0.05, 0) is 62.6 Å². The summed E-state index contributed by atoms with van der Waals surface area (Å²) in [6.45, 7) is 8.71. The van der Waals surface area contributed by atoms with Crippen LogP contribution in [0.15, 0.2) is 18.2 Å². The maximum absolute atomic E-state index is 13.1. The van der Waals surface area contributed by atoms with Gasteiger partial charge in [0.15, 0.2) is 5.82 Å². The van der Waals surface area contributed by atoms with Crippen LogP contribution in [0.3, 0.4) is 0 Å². The van der Waals surface area contributed by atoms with Gasteiger partial charge in [-0.2, -0.15) is 18.3 Å². The molecule has 2 heterocycles. The second-order valence-corrected chi connectivity index (χ2v) is 9.78. The average molecular weight is 466 g/mol. The van der Waals surface area contributed by atoms with E-state index >= 15 is 0 Å². The van der Waals surface area contributed by atoms with Crippen molar-refractivity contribution in [2.75, 3.05) is 25.0 Å². The molecular weight excluding hydrogens is 431 g/mol. The SMILES string of the molecule is CCn1nc(NCC(=O)NC2CN([C@H]3CC[C@@H](C(C)C)CC3)C2)c2cc(C(F)(F)F)ccc21. The van der Waals surface area contributed by atoms with E-state index in [1.807, 2.05) is 6.92 Å². The molecule has 2 aromatic rings. The van der Waals surface area contributed by atoms with E-state index in [-0.39, 0.29) is 18.5 Å². The van der Waals surface area contributed by atoms with Crippen LogP contribution in [0.4, 0.5) is 19.0 Å². The molecule has 1 aromatic carbocycles. The average Bonchev–Trinajstić information content (AvgIpc) is 3.11. The van der Waals surface area contributed by atoms with Crippen molar-refractivity contribution in [2.45, 2.75) is 71.3 Å². The lowest BCUT2D eigenvalue weighted by atomic mass is 9.78. The van der Waals surface area contributed by atoms with E-state index in [4.69, 9.17) is 0 Å². The zero-order valence-corrected chi connectivity index (χ0v) is 19.6. The van der Waals surface area contributed by atoms with Gasteiger partial charge in [-0.15, -0.1) is 0 Å². The number of hydrogen-bond donors (Lipinski definition) is 2. The fourth-order valence-electron chi connectivity index (χ4n) is 5.21. The Kier molecular flexibility index (Phi) is 6.88. The van der Waals surface area contributed by atoms with Gasteiger partial charge in [0.05, 0.1) is 23.7 Å². The molecule has 0 bridgehead atoms. The quantitative estimate of drug-likeness (QED) is 0.632. The molecule has 1 amide bonds. The summed E-state index contributed by atoms with van der Waals surface area (Å²) >= 11 is 0. The molecule has 0 radical (unpaired) electrons. The van der Waals surface area contributed by atoms with E-state index in [1.54, 1.807) is 4.68 Å². The van der Waals surface area contributed by atoms with Crippen LogP contribution in [-0.4, -0.2) is 52.3 Å². The number of halogens is 3. The highest BCUT2D eigenvalue weighted by Gasteiger charge is 2.35. The number of alkyl halides is 3. The van der Waals surface area contributed by atoms with Gasteiger partial charge in [-0.1, -0.05) is 13.8 Å². The van der Waals surface area contributed by atoms with Gasteiger partial charge in [-0.3, -0.25) is 14.4 Å². The molecule has 6 nitrogen and oxygen atoms in total. The predicted molar refractivity (Wildman–Crippen MR) is 123 cm³/mol. The van der Waals surface area contributed by atoms with Crippen LogP contribution in [0.25, 0.3) is 10.9 Å². The third kappa shape index (κ3) is 5.28. The second kappa shape index (κ2) is 9.52. The Balaban J connectivity index is 1.28. The number of rotatable bonds is 7. The fourth-order valence-corrected chi connectivity index (χ4v) is 5.21. The summed E-state index contributed by atoms with van der Waals surface area (Å²) in [5.41, 5.74) is -0.120. The molecule has 4 rings (SSSR count). The molecule has 1 aromatic heterocycles. The van der Waals surface area contributed by atoms with Gasteiger partial charge in [0.25, 0.3) is 0 Å². The minimum absolute atomic E-state index is 0.0257. The lowest BCUT2D eigenvalue weighted by Crippen LogP contribution is -2.63. The Hall–Kier alpha value is -2.29. The minimum atomic E-state index is -4.43. The van der Waals surface area contributed by atoms with Crippen LogP contribution in [0.2, 0.25) is 0 Å². The topological polar surface area (TPSA) is 62.2 Å². The minimum Gasteiger partial charge on any atom is -0.359 e. The van der Waals surface area contributed by atoms with Crippen LogP contribution in [0, 0.1) is 11.8 Å². The molecule has 2 N–H and O–H groups in total. The maximum Gasteiger partial charge on any atom is 0.416 e. The molecule has 1 aliphatic heterocycles. The number of nitrogens with zero attached hydrogens (tertiary/aromatic N) is 3. The van der Waals surface area contributed by atoms with Crippen LogP contribution in [0.5, 0.6) is 0 Å². The molecular formula is C24H34F3N5O. The van der Waals surface area contributed by atoms with E-state index in [0.29, 0.717) is 29.3 Å². The van der Waals surface area contributed by atoms with Crippen molar-refractivity contribution in [3.05, 3.63) is 23.8 Å². The Morgan fingerprint density at radius 1 is 1.18 bits per heavy atom. The molecule has 9 heteroatoms. The number of nitrogens with one attached hydrogen (secondary N) is 2. The number of carbonyl (C=O) groups excluding carboxylic acids is 1. The highest BCUT2D eigenvalue weighted by molar-refractivity contribution is 5.92. The molecule has 1 saturated carbocycles. The van der Waals surface area contributed by atoms with Crippen LogP contribution >= 0.6 is 0 Å². The highest BCUT2D eigenvalue weighted by Crippen LogP contribution is 2.35. The molecule has 33 heavy (non-hydrogen) atoms. The summed E-state index contributed by atoms with van der Waals surface area (Å²) in [5, 5.41) is 10.7. The number of benzene rings is 1.